The van der Waals surface area contributed by atoms with Crippen molar-refractivity contribution in [3.63, 3.8) is 0 Å². The van der Waals surface area contributed by atoms with Gasteiger partial charge in [-0.05, 0) is 44.4 Å². The highest BCUT2D eigenvalue weighted by atomic mass is 32.1. The standard InChI is InChI=1S/C16H17NOS/c1-11-10-14(12(2)19-11)16(18)17-9-5-7-13-6-3-4-8-15(13)17/h3-4,6,8,10H,5,7,9H2,1-2H3. The number of benzene rings is 1. The molecule has 0 spiro atoms. The van der Waals surface area contributed by atoms with Crippen LogP contribution in [0.25, 0.3) is 0 Å². The van der Waals surface area contributed by atoms with Crippen LogP contribution < -0.4 is 4.90 Å². The number of carbonyl (C=O) groups is 1. The number of anilines is 1. The molecular weight excluding hydrogens is 254 g/mol. The van der Waals surface area contributed by atoms with Crippen LogP contribution in [0.1, 0.15) is 32.1 Å². The van der Waals surface area contributed by atoms with Gasteiger partial charge in [-0.1, -0.05) is 18.2 Å². The molecule has 0 atom stereocenters. The maximum atomic E-state index is 12.7. The summed E-state index contributed by atoms with van der Waals surface area (Å²) in [7, 11) is 0. The van der Waals surface area contributed by atoms with E-state index in [1.54, 1.807) is 11.3 Å². The lowest BCUT2D eigenvalue weighted by Crippen LogP contribution is -2.35. The smallest absolute Gasteiger partial charge is 0.259 e. The van der Waals surface area contributed by atoms with Gasteiger partial charge in [-0.2, -0.15) is 0 Å². The summed E-state index contributed by atoms with van der Waals surface area (Å²) >= 11 is 1.70. The van der Waals surface area contributed by atoms with Crippen molar-refractivity contribution in [2.45, 2.75) is 26.7 Å². The molecule has 2 nitrogen and oxygen atoms in total. The third-order valence-corrected chi connectivity index (χ3v) is 4.59. The highest BCUT2D eigenvalue weighted by Gasteiger charge is 2.24. The molecule has 98 valence electrons. The number of aryl methyl sites for hydroxylation is 3. The molecule has 0 unspecified atom stereocenters. The summed E-state index contributed by atoms with van der Waals surface area (Å²) in [5.74, 6) is 0.147. The minimum Gasteiger partial charge on any atom is -0.308 e. The topological polar surface area (TPSA) is 20.3 Å². The molecule has 0 radical (unpaired) electrons. The van der Waals surface area contributed by atoms with E-state index in [9.17, 15) is 4.79 Å². The van der Waals surface area contributed by atoms with Gasteiger partial charge in [0.05, 0.1) is 5.56 Å². The summed E-state index contributed by atoms with van der Waals surface area (Å²) in [5.41, 5.74) is 3.23. The van der Waals surface area contributed by atoms with Crippen molar-refractivity contribution in [1.82, 2.24) is 0 Å². The van der Waals surface area contributed by atoms with Crippen molar-refractivity contribution < 1.29 is 4.79 Å². The van der Waals surface area contributed by atoms with Gasteiger partial charge in [0.25, 0.3) is 5.91 Å². The maximum Gasteiger partial charge on any atom is 0.259 e. The van der Waals surface area contributed by atoms with Crippen LogP contribution in [0.2, 0.25) is 0 Å². The first-order valence-corrected chi connectivity index (χ1v) is 7.45. The van der Waals surface area contributed by atoms with Gasteiger partial charge in [0, 0.05) is 22.0 Å². The number of hydrogen-bond donors (Lipinski definition) is 0. The summed E-state index contributed by atoms with van der Waals surface area (Å²) in [6.45, 7) is 4.91. The first-order valence-electron chi connectivity index (χ1n) is 6.63. The van der Waals surface area contributed by atoms with Gasteiger partial charge in [0.2, 0.25) is 0 Å². The van der Waals surface area contributed by atoms with E-state index < -0.39 is 0 Å². The lowest BCUT2D eigenvalue weighted by atomic mass is 10.0. The minimum atomic E-state index is 0.147. The second kappa shape index (κ2) is 4.82. The first kappa shape index (κ1) is 12.4. The first-order chi connectivity index (χ1) is 9.16. The predicted octanol–water partition coefficient (Wildman–Crippen LogP) is 3.96. The summed E-state index contributed by atoms with van der Waals surface area (Å²) < 4.78 is 0. The number of amides is 1. The van der Waals surface area contributed by atoms with Crippen LogP contribution in [0.5, 0.6) is 0 Å². The van der Waals surface area contributed by atoms with Crippen molar-refractivity contribution in [3.8, 4) is 0 Å². The molecule has 0 aliphatic carbocycles. The Labute approximate surface area is 117 Å². The average Bonchev–Trinajstić information content (AvgIpc) is 2.76. The van der Waals surface area contributed by atoms with Crippen LogP contribution in [0.15, 0.2) is 30.3 Å². The Kier molecular flexibility index (Phi) is 3.15. The molecule has 0 fully saturated rings. The molecule has 0 saturated carbocycles. The highest BCUT2D eigenvalue weighted by molar-refractivity contribution is 7.12. The second-order valence-corrected chi connectivity index (χ2v) is 6.48. The average molecular weight is 271 g/mol. The number of thiophene rings is 1. The van der Waals surface area contributed by atoms with Crippen LogP contribution in [0.3, 0.4) is 0 Å². The van der Waals surface area contributed by atoms with E-state index in [0.29, 0.717) is 0 Å². The molecule has 19 heavy (non-hydrogen) atoms. The largest absolute Gasteiger partial charge is 0.308 e. The van der Waals surface area contributed by atoms with Gasteiger partial charge in [-0.15, -0.1) is 11.3 Å². The highest BCUT2D eigenvalue weighted by Crippen LogP contribution is 2.30. The maximum absolute atomic E-state index is 12.7. The SMILES string of the molecule is Cc1cc(C(=O)N2CCCc3ccccc32)c(C)s1. The Balaban J connectivity index is 2.00. The normalized spacial score (nSPS) is 14.3. The van der Waals surface area contributed by atoms with E-state index >= 15 is 0 Å². The van der Waals surface area contributed by atoms with Crippen molar-refractivity contribution >= 4 is 22.9 Å². The third-order valence-electron chi connectivity index (χ3n) is 3.63. The fourth-order valence-corrected chi connectivity index (χ4v) is 3.65. The molecule has 0 N–H and O–H groups in total. The summed E-state index contributed by atoms with van der Waals surface area (Å²) in [6.07, 6.45) is 2.12. The monoisotopic (exact) mass is 271 g/mol. The van der Waals surface area contributed by atoms with Gasteiger partial charge in [-0.3, -0.25) is 4.79 Å². The molecule has 1 aromatic heterocycles. The van der Waals surface area contributed by atoms with E-state index in [2.05, 4.69) is 19.1 Å². The van der Waals surface area contributed by atoms with Crippen LogP contribution in [0.4, 0.5) is 5.69 Å². The van der Waals surface area contributed by atoms with Crippen molar-refractivity contribution in [3.05, 3.63) is 51.2 Å². The zero-order chi connectivity index (χ0) is 13.4. The molecule has 1 amide bonds. The van der Waals surface area contributed by atoms with Crippen LogP contribution in [-0.2, 0) is 6.42 Å². The summed E-state index contributed by atoms with van der Waals surface area (Å²) in [4.78, 5) is 17.0. The summed E-state index contributed by atoms with van der Waals surface area (Å²) in [5, 5.41) is 0. The van der Waals surface area contributed by atoms with Gasteiger partial charge in [0.15, 0.2) is 0 Å². The molecule has 0 bridgehead atoms. The molecule has 1 aromatic carbocycles. The van der Waals surface area contributed by atoms with Gasteiger partial charge < -0.3 is 4.90 Å². The van der Waals surface area contributed by atoms with Crippen LogP contribution >= 0.6 is 11.3 Å². The Hall–Kier alpha value is -1.61. The van der Waals surface area contributed by atoms with Gasteiger partial charge >= 0.3 is 0 Å². The second-order valence-electron chi connectivity index (χ2n) is 5.02. The molecule has 2 heterocycles. The van der Waals surface area contributed by atoms with Crippen LogP contribution in [-0.4, -0.2) is 12.5 Å². The minimum absolute atomic E-state index is 0.147. The van der Waals surface area contributed by atoms with E-state index in [1.807, 2.05) is 30.0 Å². The molecule has 3 heteroatoms. The molecule has 2 aromatic rings. The van der Waals surface area contributed by atoms with E-state index in [1.165, 1.54) is 10.4 Å². The van der Waals surface area contributed by atoms with E-state index in [-0.39, 0.29) is 5.91 Å². The van der Waals surface area contributed by atoms with Crippen molar-refractivity contribution in [1.29, 1.82) is 0 Å². The number of hydrogen-bond acceptors (Lipinski definition) is 2. The van der Waals surface area contributed by atoms with Crippen molar-refractivity contribution in [2.24, 2.45) is 0 Å². The molecule has 1 aliphatic rings. The van der Waals surface area contributed by atoms with E-state index in [4.69, 9.17) is 0 Å². The number of para-hydroxylation sites is 1. The fraction of sp³-hybridized carbons (Fsp3) is 0.312. The van der Waals surface area contributed by atoms with Gasteiger partial charge in [0.1, 0.15) is 0 Å². The lowest BCUT2D eigenvalue weighted by molar-refractivity contribution is 0.0985. The third kappa shape index (κ3) is 2.19. The van der Waals surface area contributed by atoms with Gasteiger partial charge in [-0.25, -0.2) is 0 Å². The summed E-state index contributed by atoms with van der Waals surface area (Å²) in [6, 6.07) is 10.3. The molecular formula is C16H17NOS. The number of rotatable bonds is 1. The Bertz CT molecular complexity index is 629. The van der Waals surface area contributed by atoms with E-state index in [0.717, 1.165) is 35.5 Å². The lowest BCUT2D eigenvalue weighted by Gasteiger charge is -2.29. The predicted molar refractivity (Wildman–Crippen MR) is 80.2 cm³/mol. The number of fused-ring (bicyclic) bond motifs is 1. The Morgan fingerprint density at radius 3 is 2.79 bits per heavy atom. The van der Waals surface area contributed by atoms with Crippen molar-refractivity contribution in [2.75, 3.05) is 11.4 Å². The number of carbonyl (C=O) groups excluding carboxylic acids is 1. The molecule has 3 rings (SSSR count). The number of nitrogens with zero attached hydrogens (tertiary/aromatic N) is 1. The quantitative estimate of drug-likeness (QED) is 0.769. The fourth-order valence-electron chi connectivity index (χ4n) is 2.73. The zero-order valence-corrected chi connectivity index (χ0v) is 12.1. The molecule has 1 aliphatic heterocycles. The van der Waals surface area contributed by atoms with Crippen LogP contribution in [0, 0.1) is 13.8 Å². The Morgan fingerprint density at radius 1 is 1.26 bits per heavy atom. The Morgan fingerprint density at radius 2 is 2.05 bits per heavy atom. The zero-order valence-electron chi connectivity index (χ0n) is 11.3. The molecule has 0 saturated heterocycles.